The third-order valence-electron chi connectivity index (χ3n) is 1.57. The maximum Gasteiger partial charge on any atom is 0.669 e. The average Bonchev–Trinajstić information content (AvgIpc) is 2.12. The Balaban J connectivity index is 4.51. The van der Waals surface area contributed by atoms with Crippen molar-refractivity contribution in [1.82, 2.24) is 0 Å². The van der Waals surface area contributed by atoms with Crippen LogP contribution in [-0.4, -0.2) is 48.0 Å². The molecular weight excluding hydrogens is 248 g/mol. The standard InChI is InChI=1S/C7H21O5Si3/c1-8-15(9-2,10-3)12-14(6,7)11-13(4)5/h1-7H3. The van der Waals surface area contributed by atoms with Gasteiger partial charge in [-0.1, -0.05) is 0 Å². The molecule has 0 aliphatic carbocycles. The van der Waals surface area contributed by atoms with Gasteiger partial charge in [-0.05, 0) is 26.2 Å². The van der Waals surface area contributed by atoms with Gasteiger partial charge in [0.05, 0.1) is 0 Å². The molecule has 0 bridgehead atoms. The SMILES string of the molecule is CO[Si](OC)(OC)O[Si](C)(C)O[Si](C)C. The summed E-state index contributed by atoms with van der Waals surface area (Å²) in [7, 11) is -1.43. The molecule has 0 aromatic heterocycles. The molecule has 0 heterocycles. The average molecular weight is 269 g/mol. The van der Waals surface area contributed by atoms with Crippen LogP contribution in [0.5, 0.6) is 0 Å². The van der Waals surface area contributed by atoms with Crippen molar-refractivity contribution < 1.29 is 21.5 Å². The highest BCUT2D eigenvalue weighted by Crippen LogP contribution is 2.18. The third kappa shape index (κ3) is 5.36. The zero-order valence-electron chi connectivity index (χ0n) is 10.5. The summed E-state index contributed by atoms with van der Waals surface area (Å²) in [6.45, 7) is 8.06. The molecule has 91 valence electrons. The summed E-state index contributed by atoms with van der Waals surface area (Å²) < 4.78 is 27.2. The first kappa shape index (κ1) is 15.5. The highest BCUT2D eigenvalue weighted by Gasteiger charge is 2.48. The Morgan fingerprint density at radius 2 is 1.27 bits per heavy atom. The summed E-state index contributed by atoms with van der Waals surface area (Å²) in [5, 5.41) is 0. The molecule has 0 aliphatic rings. The van der Waals surface area contributed by atoms with E-state index in [1.54, 1.807) is 0 Å². The number of hydrogen-bond acceptors (Lipinski definition) is 5. The smallest absolute Gasteiger partial charge is 0.436 e. The molecule has 8 heteroatoms. The predicted octanol–water partition coefficient (Wildman–Crippen LogP) is 1.35. The fourth-order valence-corrected chi connectivity index (χ4v) is 9.57. The van der Waals surface area contributed by atoms with Gasteiger partial charge in [-0.2, -0.15) is 0 Å². The molecule has 0 atom stereocenters. The van der Waals surface area contributed by atoms with Gasteiger partial charge in [-0.25, -0.2) is 0 Å². The fraction of sp³-hybridized carbons (Fsp3) is 1.00. The first-order valence-electron chi connectivity index (χ1n) is 4.65. The molecule has 0 N–H and O–H groups in total. The highest BCUT2D eigenvalue weighted by molar-refractivity contribution is 6.79. The van der Waals surface area contributed by atoms with E-state index < -0.39 is 26.6 Å². The summed E-state index contributed by atoms with van der Waals surface area (Å²) >= 11 is 0. The minimum atomic E-state index is -2.97. The van der Waals surface area contributed by atoms with Crippen LogP contribution >= 0.6 is 0 Å². The van der Waals surface area contributed by atoms with Crippen LogP contribution in [0.25, 0.3) is 0 Å². The van der Waals surface area contributed by atoms with Gasteiger partial charge in [0.2, 0.25) is 0 Å². The molecule has 0 aromatic carbocycles. The number of rotatable bonds is 7. The molecule has 0 aliphatic heterocycles. The van der Waals surface area contributed by atoms with Crippen LogP contribution in [0, 0.1) is 0 Å². The van der Waals surface area contributed by atoms with Gasteiger partial charge < -0.3 is 21.5 Å². The fourth-order valence-electron chi connectivity index (χ4n) is 1.19. The monoisotopic (exact) mass is 269 g/mol. The van der Waals surface area contributed by atoms with Gasteiger partial charge in [-0.3, -0.25) is 0 Å². The summed E-state index contributed by atoms with van der Waals surface area (Å²) in [5.41, 5.74) is 0. The lowest BCUT2D eigenvalue weighted by Gasteiger charge is -2.32. The van der Waals surface area contributed by atoms with Crippen LogP contribution < -0.4 is 0 Å². The van der Waals surface area contributed by atoms with Gasteiger partial charge in [0.25, 0.3) is 0 Å². The molecule has 0 saturated carbocycles. The largest absolute Gasteiger partial charge is 0.669 e. The molecule has 0 aromatic rings. The maximum absolute atomic E-state index is 5.81. The lowest BCUT2D eigenvalue weighted by Crippen LogP contribution is -2.56. The Morgan fingerprint density at radius 1 is 0.867 bits per heavy atom. The van der Waals surface area contributed by atoms with Gasteiger partial charge in [0.15, 0.2) is 9.04 Å². The van der Waals surface area contributed by atoms with E-state index in [9.17, 15) is 0 Å². The first-order valence-corrected chi connectivity index (χ1v) is 11.5. The molecular formula is C7H21O5Si3. The predicted molar refractivity (Wildman–Crippen MR) is 63.9 cm³/mol. The minimum absolute atomic E-state index is 0.795. The van der Waals surface area contributed by atoms with Crippen molar-refractivity contribution >= 4 is 26.6 Å². The van der Waals surface area contributed by atoms with Gasteiger partial charge in [0, 0.05) is 21.3 Å². The molecule has 0 rings (SSSR count). The quantitative estimate of drug-likeness (QED) is 0.653. The molecule has 0 spiro atoms. The summed E-state index contributed by atoms with van der Waals surface area (Å²) in [6.07, 6.45) is 0. The van der Waals surface area contributed by atoms with Crippen molar-refractivity contribution in [2.45, 2.75) is 26.2 Å². The van der Waals surface area contributed by atoms with E-state index in [1.165, 1.54) is 21.3 Å². The van der Waals surface area contributed by atoms with E-state index in [0.717, 1.165) is 0 Å². The summed E-state index contributed by atoms with van der Waals surface area (Å²) in [5.74, 6) is 0. The third-order valence-corrected chi connectivity index (χ3v) is 9.64. The zero-order valence-corrected chi connectivity index (χ0v) is 13.5. The minimum Gasteiger partial charge on any atom is -0.436 e. The molecule has 5 nitrogen and oxygen atoms in total. The van der Waals surface area contributed by atoms with E-state index in [2.05, 4.69) is 13.1 Å². The van der Waals surface area contributed by atoms with Crippen LogP contribution in [0.2, 0.25) is 26.2 Å². The molecule has 0 saturated heterocycles. The van der Waals surface area contributed by atoms with Crippen molar-refractivity contribution in [1.29, 1.82) is 0 Å². The maximum atomic E-state index is 5.81. The first-order chi connectivity index (χ1) is 6.81. The van der Waals surface area contributed by atoms with Crippen molar-refractivity contribution in [3.63, 3.8) is 0 Å². The van der Waals surface area contributed by atoms with Crippen LogP contribution in [-0.2, 0) is 21.5 Å². The second-order valence-electron chi connectivity index (χ2n) is 3.62. The van der Waals surface area contributed by atoms with Crippen molar-refractivity contribution in [3.05, 3.63) is 0 Å². The van der Waals surface area contributed by atoms with Crippen molar-refractivity contribution in [3.8, 4) is 0 Å². The van der Waals surface area contributed by atoms with E-state index in [-0.39, 0.29) is 0 Å². The van der Waals surface area contributed by atoms with E-state index >= 15 is 0 Å². The highest BCUT2D eigenvalue weighted by atomic mass is 28.5. The van der Waals surface area contributed by atoms with Gasteiger partial charge in [-0.15, -0.1) is 0 Å². The van der Waals surface area contributed by atoms with E-state index in [4.69, 9.17) is 21.5 Å². The number of hydrogen-bond donors (Lipinski definition) is 0. The lowest BCUT2D eigenvalue weighted by molar-refractivity contribution is 0.0415. The molecule has 0 amide bonds. The Kier molecular flexibility index (Phi) is 6.44. The van der Waals surface area contributed by atoms with Crippen molar-refractivity contribution in [2.24, 2.45) is 0 Å². The van der Waals surface area contributed by atoms with Gasteiger partial charge >= 0.3 is 17.6 Å². The van der Waals surface area contributed by atoms with Crippen LogP contribution in [0.4, 0.5) is 0 Å². The van der Waals surface area contributed by atoms with Crippen LogP contribution in [0.1, 0.15) is 0 Å². The molecule has 1 radical (unpaired) electrons. The normalized spacial score (nSPS) is 13.6. The Hall–Kier alpha value is 0.451. The van der Waals surface area contributed by atoms with E-state index in [0.29, 0.717) is 0 Å². The zero-order chi connectivity index (χ0) is 12.1. The van der Waals surface area contributed by atoms with Crippen LogP contribution in [0.3, 0.4) is 0 Å². The topological polar surface area (TPSA) is 46.2 Å². The summed E-state index contributed by atoms with van der Waals surface area (Å²) in [4.78, 5) is 0. The second-order valence-corrected chi connectivity index (χ2v) is 12.1. The van der Waals surface area contributed by atoms with Gasteiger partial charge in [0.1, 0.15) is 0 Å². The Morgan fingerprint density at radius 3 is 1.53 bits per heavy atom. The molecule has 0 fully saturated rings. The second kappa shape index (κ2) is 6.25. The molecule has 0 unspecified atom stereocenters. The Labute approximate surface area is 96.1 Å². The lowest BCUT2D eigenvalue weighted by atomic mass is 11.8. The molecule has 15 heavy (non-hydrogen) atoms. The van der Waals surface area contributed by atoms with Crippen LogP contribution in [0.15, 0.2) is 0 Å². The summed E-state index contributed by atoms with van der Waals surface area (Å²) in [6, 6.07) is 0. The Bertz CT molecular complexity index is 175. The van der Waals surface area contributed by atoms with E-state index in [1.807, 2.05) is 13.1 Å². The van der Waals surface area contributed by atoms with Crippen molar-refractivity contribution in [2.75, 3.05) is 21.3 Å².